The Labute approximate surface area is 115 Å². The van der Waals surface area contributed by atoms with Crippen molar-refractivity contribution in [3.05, 3.63) is 65.1 Å². The van der Waals surface area contributed by atoms with E-state index >= 15 is 0 Å². The smallest absolute Gasteiger partial charge is 0.199 e. The lowest BCUT2D eigenvalue weighted by atomic mass is 10.0. The van der Waals surface area contributed by atoms with Crippen molar-refractivity contribution in [2.75, 3.05) is 28.2 Å². The van der Waals surface area contributed by atoms with Gasteiger partial charge in [-0.2, -0.15) is 0 Å². The predicted octanol–water partition coefficient (Wildman–Crippen LogP) is 2.68. The van der Waals surface area contributed by atoms with Gasteiger partial charge in [0.25, 0.3) is 0 Å². The monoisotopic (exact) mass is 253 g/mol. The van der Waals surface area contributed by atoms with Crippen LogP contribution in [0.3, 0.4) is 0 Å². The second-order valence-electron chi connectivity index (χ2n) is 5.15. The van der Waals surface area contributed by atoms with Gasteiger partial charge in [-0.1, -0.05) is 6.08 Å². The number of nitrogens with zero attached hydrogens (tertiary/aromatic N) is 2. The zero-order valence-electron chi connectivity index (χ0n) is 12.1. The number of rotatable bonds is 1. The Bertz CT molecular complexity index is 565. The van der Waals surface area contributed by atoms with Crippen LogP contribution in [-0.2, 0) is 0 Å². The molecule has 2 rings (SSSR count). The minimum atomic E-state index is 0.944. The van der Waals surface area contributed by atoms with E-state index in [0.29, 0.717) is 0 Å². The largest absolute Gasteiger partial charge is 0.378 e. The normalized spacial score (nSPS) is 17.5. The summed E-state index contributed by atoms with van der Waals surface area (Å²) in [4.78, 5) is 2.12. The molecule has 2 nitrogen and oxygen atoms in total. The Morgan fingerprint density at radius 1 is 1.00 bits per heavy atom. The maximum Gasteiger partial charge on any atom is 0.199 e. The fourth-order valence-electron chi connectivity index (χ4n) is 1.99. The van der Waals surface area contributed by atoms with Crippen molar-refractivity contribution in [2.45, 2.75) is 6.42 Å². The molecular formula is C17H21N2+. The second kappa shape index (κ2) is 5.73. The summed E-state index contributed by atoms with van der Waals surface area (Å²) in [6, 6.07) is 0. The van der Waals surface area contributed by atoms with Crippen molar-refractivity contribution >= 4 is 5.71 Å². The molecule has 0 aromatic rings. The van der Waals surface area contributed by atoms with Gasteiger partial charge in [-0.05, 0) is 36.3 Å². The maximum absolute atomic E-state index is 3.45. The minimum Gasteiger partial charge on any atom is -0.378 e. The molecule has 0 saturated heterocycles. The van der Waals surface area contributed by atoms with E-state index < -0.39 is 0 Å². The Morgan fingerprint density at radius 2 is 1.68 bits per heavy atom. The van der Waals surface area contributed by atoms with Gasteiger partial charge in [-0.25, -0.2) is 4.58 Å². The molecule has 0 aliphatic heterocycles. The van der Waals surface area contributed by atoms with E-state index in [1.165, 1.54) is 17.0 Å². The Kier molecular flexibility index (Phi) is 4.03. The van der Waals surface area contributed by atoms with Gasteiger partial charge in [0.2, 0.25) is 0 Å². The van der Waals surface area contributed by atoms with E-state index in [9.17, 15) is 0 Å². The van der Waals surface area contributed by atoms with Crippen LogP contribution in [0.4, 0.5) is 0 Å². The standard InChI is InChI=1S/C17H21N2/c1-18(2)16-9-5-14(6-10-16)13-15-7-11-17(12-8-15)19(3)4/h5-7,9-12H,8H2,1-4H3/q+1. The third-order valence-electron chi connectivity index (χ3n) is 3.19. The highest BCUT2D eigenvalue weighted by Crippen LogP contribution is 2.17. The summed E-state index contributed by atoms with van der Waals surface area (Å²) in [6.07, 6.45) is 15.9. The molecule has 0 aromatic heterocycles. The van der Waals surface area contributed by atoms with E-state index in [1.54, 1.807) is 0 Å². The summed E-state index contributed by atoms with van der Waals surface area (Å²) in [5, 5.41) is 0. The van der Waals surface area contributed by atoms with Crippen molar-refractivity contribution < 1.29 is 4.58 Å². The topological polar surface area (TPSA) is 6.25 Å². The first-order chi connectivity index (χ1) is 9.06. The van der Waals surface area contributed by atoms with Crippen LogP contribution in [-0.4, -0.2) is 43.4 Å². The zero-order valence-corrected chi connectivity index (χ0v) is 12.1. The SMILES string of the molecule is CN(C)C1=CCC(=C=C2C=CC(=[N+](C)C)C=C2)C=C1. The molecule has 0 amide bonds. The molecule has 2 heteroatoms. The third kappa shape index (κ3) is 3.46. The van der Waals surface area contributed by atoms with E-state index in [0.717, 1.165) is 12.0 Å². The quantitative estimate of drug-likeness (QED) is 0.514. The lowest BCUT2D eigenvalue weighted by Gasteiger charge is -2.16. The Balaban J connectivity index is 2.20. The van der Waals surface area contributed by atoms with Gasteiger partial charge in [-0.15, -0.1) is 5.73 Å². The molecule has 0 atom stereocenters. The number of hydrogen-bond donors (Lipinski definition) is 0. The lowest BCUT2D eigenvalue weighted by Crippen LogP contribution is -2.10. The molecule has 0 heterocycles. The highest BCUT2D eigenvalue weighted by atomic mass is 15.1. The van der Waals surface area contributed by atoms with Crippen LogP contribution in [0, 0.1) is 0 Å². The van der Waals surface area contributed by atoms with E-state index in [-0.39, 0.29) is 0 Å². The van der Waals surface area contributed by atoms with Crippen LogP contribution in [0.25, 0.3) is 0 Å². The third-order valence-corrected chi connectivity index (χ3v) is 3.19. The van der Waals surface area contributed by atoms with Crippen molar-refractivity contribution in [1.29, 1.82) is 0 Å². The fourth-order valence-corrected chi connectivity index (χ4v) is 1.99. The van der Waals surface area contributed by atoms with Crippen molar-refractivity contribution in [3.8, 4) is 0 Å². The summed E-state index contributed by atoms with van der Waals surface area (Å²) >= 11 is 0. The molecule has 0 saturated carbocycles. The summed E-state index contributed by atoms with van der Waals surface area (Å²) in [5.41, 5.74) is 8.28. The van der Waals surface area contributed by atoms with Gasteiger partial charge < -0.3 is 4.90 Å². The summed E-state index contributed by atoms with van der Waals surface area (Å²) < 4.78 is 2.10. The number of allylic oxidation sites excluding steroid dienone is 8. The van der Waals surface area contributed by atoms with Crippen LogP contribution >= 0.6 is 0 Å². The molecule has 0 fully saturated rings. The number of hydrogen-bond acceptors (Lipinski definition) is 1. The summed E-state index contributed by atoms with van der Waals surface area (Å²) in [5.74, 6) is 0. The molecule has 0 radical (unpaired) electrons. The predicted molar refractivity (Wildman–Crippen MR) is 81.5 cm³/mol. The van der Waals surface area contributed by atoms with E-state index in [4.69, 9.17) is 0 Å². The molecule has 0 aromatic carbocycles. The second-order valence-corrected chi connectivity index (χ2v) is 5.15. The Hall–Kier alpha value is -2.05. The molecular weight excluding hydrogens is 232 g/mol. The van der Waals surface area contributed by atoms with Crippen LogP contribution in [0.1, 0.15) is 6.42 Å². The molecule has 2 aliphatic rings. The summed E-state index contributed by atoms with van der Waals surface area (Å²) in [7, 11) is 8.23. The number of likely N-dealkylation sites (N-methyl/N-ethyl adjacent to an activating group) is 1. The van der Waals surface area contributed by atoms with Gasteiger partial charge in [0.15, 0.2) is 5.71 Å². The van der Waals surface area contributed by atoms with Crippen molar-refractivity contribution in [3.63, 3.8) is 0 Å². The molecule has 19 heavy (non-hydrogen) atoms. The van der Waals surface area contributed by atoms with Crippen LogP contribution in [0.15, 0.2) is 65.1 Å². The first-order valence-electron chi connectivity index (χ1n) is 6.52. The first-order valence-corrected chi connectivity index (χ1v) is 6.52. The van der Waals surface area contributed by atoms with Crippen molar-refractivity contribution in [1.82, 2.24) is 4.90 Å². The van der Waals surface area contributed by atoms with Gasteiger partial charge in [0.1, 0.15) is 14.1 Å². The molecule has 2 aliphatic carbocycles. The van der Waals surface area contributed by atoms with Crippen LogP contribution in [0.5, 0.6) is 0 Å². The van der Waals surface area contributed by atoms with E-state index in [2.05, 4.69) is 85.9 Å². The van der Waals surface area contributed by atoms with Crippen LogP contribution < -0.4 is 0 Å². The lowest BCUT2D eigenvalue weighted by molar-refractivity contribution is -0.462. The Morgan fingerprint density at radius 3 is 2.16 bits per heavy atom. The van der Waals surface area contributed by atoms with Gasteiger partial charge in [0.05, 0.1) is 0 Å². The molecule has 0 N–H and O–H groups in total. The van der Waals surface area contributed by atoms with Gasteiger partial charge >= 0.3 is 0 Å². The highest BCUT2D eigenvalue weighted by molar-refractivity contribution is 6.02. The van der Waals surface area contributed by atoms with Crippen molar-refractivity contribution in [2.24, 2.45) is 0 Å². The van der Waals surface area contributed by atoms with Gasteiger partial charge in [0, 0.05) is 37.5 Å². The van der Waals surface area contributed by atoms with E-state index in [1.807, 2.05) is 0 Å². The fraction of sp³-hybridized carbons (Fsp3) is 0.294. The molecule has 0 spiro atoms. The molecule has 0 bridgehead atoms. The summed E-state index contributed by atoms with van der Waals surface area (Å²) in [6.45, 7) is 0. The zero-order chi connectivity index (χ0) is 13.8. The molecule has 98 valence electrons. The average molecular weight is 253 g/mol. The first kappa shape index (κ1) is 13.4. The average Bonchev–Trinajstić information content (AvgIpc) is 2.40. The maximum atomic E-state index is 3.45. The minimum absolute atomic E-state index is 0.944. The van der Waals surface area contributed by atoms with Gasteiger partial charge in [-0.3, -0.25) is 0 Å². The molecule has 0 unspecified atom stereocenters. The van der Waals surface area contributed by atoms with Crippen LogP contribution in [0.2, 0.25) is 0 Å². The highest BCUT2D eigenvalue weighted by Gasteiger charge is 2.05.